The highest BCUT2D eigenvalue weighted by Gasteiger charge is 2.24. The zero-order valence-electron chi connectivity index (χ0n) is 23.6. The highest BCUT2D eigenvalue weighted by Crippen LogP contribution is 2.41. The summed E-state index contributed by atoms with van der Waals surface area (Å²) in [6.07, 6.45) is 2.01. The Kier molecular flexibility index (Phi) is 7.55. The maximum absolute atomic E-state index is 13.9. The van der Waals surface area contributed by atoms with Crippen molar-refractivity contribution in [2.45, 2.75) is 11.3 Å². The first-order valence-electron chi connectivity index (χ1n) is 13.8. The molecule has 2 heterocycles. The van der Waals surface area contributed by atoms with Crippen LogP contribution in [0.5, 0.6) is 0 Å². The number of halogens is 1. The number of pyridine rings is 1. The Bertz CT molecular complexity index is 2170. The number of nitrogens with one attached hydrogen (secondary N) is 2. The first kappa shape index (κ1) is 28.6. The Morgan fingerprint density at radius 1 is 0.977 bits per heavy atom. The van der Waals surface area contributed by atoms with Gasteiger partial charge in [0.05, 0.1) is 23.1 Å². The topological polar surface area (TPSA) is 119 Å². The number of carbonyl (C=O) groups excluding carboxylic acids is 1. The second kappa shape index (κ2) is 11.6. The Hall–Kier alpha value is -5.53. The van der Waals surface area contributed by atoms with E-state index in [1.807, 2.05) is 48.5 Å². The van der Waals surface area contributed by atoms with Crippen LogP contribution in [-0.4, -0.2) is 37.9 Å². The van der Waals surface area contributed by atoms with Gasteiger partial charge >= 0.3 is 0 Å². The van der Waals surface area contributed by atoms with Crippen LogP contribution in [-0.2, 0) is 10.0 Å². The van der Waals surface area contributed by atoms with Gasteiger partial charge in [0.1, 0.15) is 11.5 Å². The molecule has 0 saturated heterocycles. The third-order valence-corrected chi connectivity index (χ3v) is 9.25. The lowest BCUT2D eigenvalue weighted by Gasteiger charge is -2.20. The van der Waals surface area contributed by atoms with Gasteiger partial charge in [-0.2, -0.15) is 5.26 Å². The number of rotatable bonds is 8. The van der Waals surface area contributed by atoms with Gasteiger partial charge < -0.3 is 10.3 Å². The monoisotopic (exact) mass is 603 g/mol. The third-order valence-electron chi connectivity index (χ3n) is 7.47. The molecule has 0 spiro atoms. The molecule has 4 aromatic carbocycles. The SMILES string of the molecule is CN(c1ccc2[nH]c3ncc(-c4ccc(C(=O)NCCC#N)cc4)c(-c4ccccc4)c3c2c1)S(=O)(=O)c1cccc(F)c1. The molecular weight excluding hydrogens is 577 g/mol. The zero-order valence-corrected chi connectivity index (χ0v) is 24.4. The van der Waals surface area contributed by atoms with Crippen molar-refractivity contribution in [3.8, 4) is 28.3 Å². The lowest BCUT2D eigenvalue weighted by molar-refractivity contribution is 0.0954. The average molecular weight is 604 g/mol. The number of aromatic nitrogens is 2. The Morgan fingerprint density at radius 2 is 1.75 bits per heavy atom. The molecule has 0 aliphatic carbocycles. The Labute approximate surface area is 253 Å². The lowest BCUT2D eigenvalue weighted by atomic mass is 9.92. The molecule has 6 aromatic rings. The van der Waals surface area contributed by atoms with Crippen LogP contribution in [0.1, 0.15) is 16.8 Å². The highest BCUT2D eigenvalue weighted by molar-refractivity contribution is 7.92. The van der Waals surface area contributed by atoms with E-state index in [1.54, 1.807) is 36.5 Å². The first-order chi connectivity index (χ1) is 21.3. The predicted molar refractivity (Wildman–Crippen MR) is 169 cm³/mol. The molecule has 0 fully saturated rings. The minimum Gasteiger partial charge on any atom is -0.351 e. The fourth-order valence-corrected chi connectivity index (χ4v) is 6.44. The summed E-state index contributed by atoms with van der Waals surface area (Å²) < 4.78 is 41.8. The van der Waals surface area contributed by atoms with Crippen molar-refractivity contribution in [1.29, 1.82) is 5.26 Å². The number of sulfonamides is 1. The standard InChI is InChI=1S/C34H26FN5O3S/c1-40(44(42,43)27-10-5-9-25(35)19-27)26-15-16-30-28(20-26)32-31(23-7-3-2-4-8-23)29(21-38-33(32)39-30)22-11-13-24(14-12-22)34(41)37-18-6-17-36/h2-5,7-16,19-21H,6,18H2,1H3,(H,37,41)(H,38,39). The summed E-state index contributed by atoms with van der Waals surface area (Å²) >= 11 is 0. The summed E-state index contributed by atoms with van der Waals surface area (Å²) in [6.45, 7) is 0.275. The Balaban J connectivity index is 1.50. The van der Waals surface area contributed by atoms with Crippen LogP contribution in [0, 0.1) is 17.1 Å². The van der Waals surface area contributed by atoms with Crippen molar-refractivity contribution >= 4 is 43.6 Å². The number of aromatic amines is 1. The van der Waals surface area contributed by atoms with Crippen LogP contribution in [0.25, 0.3) is 44.2 Å². The number of amides is 1. The lowest BCUT2D eigenvalue weighted by Crippen LogP contribution is -2.26. The number of nitrogens with zero attached hydrogens (tertiary/aromatic N) is 3. The fourth-order valence-electron chi connectivity index (χ4n) is 5.22. The van der Waals surface area contributed by atoms with E-state index in [4.69, 9.17) is 10.2 Å². The second-order valence-corrected chi connectivity index (χ2v) is 12.1. The number of hydrogen-bond donors (Lipinski definition) is 2. The van der Waals surface area contributed by atoms with Gasteiger partial charge in [-0.05, 0) is 59.7 Å². The molecule has 0 saturated carbocycles. The molecule has 6 rings (SSSR count). The minimum absolute atomic E-state index is 0.143. The van der Waals surface area contributed by atoms with Crippen LogP contribution < -0.4 is 9.62 Å². The fraction of sp³-hybridized carbons (Fsp3) is 0.0882. The molecule has 8 nitrogen and oxygen atoms in total. The van der Waals surface area contributed by atoms with E-state index in [9.17, 15) is 17.6 Å². The van der Waals surface area contributed by atoms with Crippen LogP contribution in [0.2, 0.25) is 0 Å². The largest absolute Gasteiger partial charge is 0.351 e. The van der Waals surface area contributed by atoms with Gasteiger partial charge in [0, 0.05) is 52.8 Å². The van der Waals surface area contributed by atoms with Crippen molar-refractivity contribution in [2.24, 2.45) is 0 Å². The van der Waals surface area contributed by atoms with Crippen molar-refractivity contribution in [3.05, 3.63) is 115 Å². The van der Waals surface area contributed by atoms with Gasteiger partial charge in [0.2, 0.25) is 0 Å². The zero-order chi connectivity index (χ0) is 30.8. The van der Waals surface area contributed by atoms with E-state index < -0.39 is 15.8 Å². The molecule has 218 valence electrons. The highest BCUT2D eigenvalue weighted by atomic mass is 32.2. The number of carbonyl (C=O) groups is 1. The van der Waals surface area contributed by atoms with E-state index in [2.05, 4.69) is 10.3 Å². The molecule has 0 bridgehead atoms. The number of H-pyrrole nitrogens is 1. The van der Waals surface area contributed by atoms with E-state index in [1.165, 1.54) is 25.2 Å². The van der Waals surface area contributed by atoms with Gasteiger partial charge in [0.25, 0.3) is 15.9 Å². The maximum Gasteiger partial charge on any atom is 0.264 e. The number of benzene rings is 4. The third kappa shape index (κ3) is 5.25. The molecule has 0 aliphatic rings. The average Bonchev–Trinajstić information content (AvgIpc) is 3.42. The molecule has 44 heavy (non-hydrogen) atoms. The van der Waals surface area contributed by atoms with Crippen LogP contribution >= 0.6 is 0 Å². The van der Waals surface area contributed by atoms with Gasteiger partial charge in [-0.15, -0.1) is 0 Å². The summed E-state index contributed by atoms with van der Waals surface area (Å²) in [5, 5.41) is 13.0. The van der Waals surface area contributed by atoms with Gasteiger partial charge in [-0.3, -0.25) is 9.10 Å². The predicted octanol–water partition coefficient (Wildman–Crippen LogP) is 6.66. The number of anilines is 1. The summed E-state index contributed by atoms with van der Waals surface area (Å²) in [7, 11) is -2.59. The number of hydrogen-bond acceptors (Lipinski definition) is 5. The molecule has 0 unspecified atom stereocenters. The molecule has 1 amide bonds. The van der Waals surface area contributed by atoms with Gasteiger partial charge in [-0.25, -0.2) is 17.8 Å². The van der Waals surface area contributed by atoms with E-state index in [0.29, 0.717) is 16.9 Å². The quantitative estimate of drug-likeness (QED) is 0.189. The second-order valence-electron chi connectivity index (χ2n) is 10.2. The summed E-state index contributed by atoms with van der Waals surface area (Å²) in [6, 6.07) is 29.2. The smallest absolute Gasteiger partial charge is 0.264 e. The van der Waals surface area contributed by atoms with Gasteiger partial charge in [0.15, 0.2) is 0 Å². The van der Waals surface area contributed by atoms with Gasteiger partial charge in [-0.1, -0.05) is 48.5 Å². The maximum atomic E-state index is 13.9. The van der Waals surface area contributed by atoms with Crippen LogP contribution in [0.4, 0.5) is 10.1 Å². The molecule has 2 aromatic heterocycles. The number of nitriles is 1. The normalized spacial score (nSPS) is 11.4. The van der Waals surface area contributed by atoms with Crippen LogP contribution in [0.3, 0.4) is 0 Å². The number of fused-ring (bicyclic) bond motifs is 3. The van der Waals surface area contributed by atoms with Crippen molar-refractivity contribution in [1.82, 2.24) is 15.3 Å². The first-order valence-corrected chi connectivity index (χ1v) is 15.2. The molecule has 0 aliphatic heterocycles. The van der Waals surface area contributed by atoms with Crippen molar-refractivity contribution in [2.75, 3.05) is 17.9 Å². The molecular formula is C34H26FN5O3S. The van der Waals surface area contributed by atoms with Crippen molar-refractivity contribution < 1.29 is 17.6 Å². The minimum atomic E-state index is -4.03. The molecule has 2 N–H and O–H groups in total. The summed E-state index contributed by atoms with van der Waals surface area (Å²) in [4.78, 5) is 20.4. The summed E-state index contributed by atoms with van der Waals surface area (Å²) in [5.41, 5.74) is 5.76. The molecule has 0 radical (unpaired) electrons. The summed E-state index contributed by atoms with van der Waals surface area (Å²) in [5.74, 6) is -0.893. The van der Waals surface area contributed by atoms with E-state index >= 15 is 0 Å². The molecule has 10 heteroatoms. The molecule has 0 atom stereocenters. The van der Waals surface area contributed by atoms with E-state index in [0.717, 1.165) is 48.9 Å². The van der Waals surface area contributed by atoms with E-state index in [-0.39, 0.29) is 23.8 Å². The van der Waals surface area contributed by atoms with Crippen LogP contribution in [0.15, 0.2) is 108 Å². The van der Waals surface area contributed by atoms with Crippen molar-refractivity contribution in [3.63, 3.8) is 0 Å². The Morgan fingerprint density at radius 3 is 2.48 bits per heavy atom.